The molecule has 3 nitrogen and oxygen atoms in total. The number of nitrogens with two attached hydrogens (primary N) is 1. The van der Waals surface area contributed by atoms with Crippen LogP contribution in [0.2, 0.25) is 0 Å². The highest BCUT2D eigenvalue weighted by atomic mass is 19.1. The van der Waals surface area contributed by atoms with E-state index in [-0.39, 0.29) is 0 Å². The third-order valence-corrected chi connectivity index (χ3v) is 1.70. The van der Waals surface area contributed by atoms with Crippen LogP contribution in [-0.2, 0) is 20.1 Å². The van der Waals surface area contributed by atoms with Crippen LogP contribution >= 0.6 is 0 Å². The SMILES string of the molecule is Cn1c(CCN)cnc1CF. The second-order valence-corrected chi connectivity index (χ2v) is 2.40. The predicted molar refractivity (Wildman–Crippen MR) is 40.8 cm³/mol. The molecular formula is C7H12FN3. The van der Waals surface area contributed by atoms with E-state index >= 15 is 0 Å². The number of nitrogens with zero attached hydrogens (tertiary/aromatic N) is 2. The molecular weight excluding hydrogens is 145 g/mol. The molecule has 0 fully saturated rings. The van der Waals surface area contributed by atoms with Crippen LogP contribution in [-0.4, -0.2) is 16.1 Å². The summed E-state index contributed by atoms with van der Waals surface area (Å²) < 4.78 is 13.9. The van der Waals surface area contributed by atoms with Gasteiger partial charge >= 0.3 is 0 Å². The smallest absolute Gasteiger partial charge is 0.147 e. The van der Waals surface area contributed by atoms with Gasteiger partial charge in [0.05, 0.1) is 0 Å². The summed E-state index contributed by atoms with van der Waals surface area (Å²) in [6.45, 7) is 0.0618. The van der Waals surface area contributed by atoms with E-state index < -0.39 is 6.67 Å². The first-order valence-corrected chi connectivity index (χ1v) is 3.55. The molecule has 0 spiro atoms. The first-order valence-electron chi connectivity index (χ1n) is 3.55. The second-order valence-electron chi connectivity index (χ2n) is 2.40. The maximum atomic E-state index is 12.1. The zero-order valence-corrected chi connectivity index (χ0v) is 6.55. The molecule has 1 heterocycles. The number of aromatic nitrogens is 2. The fraction of sp³-hybridized carbons (Fsp3) is 0.571. The van der Waals surface area contributed by atoms with Gasteiger partial charge in [0.1, 0.15) is 12.5 Å². The zero-order valence-electron chi connectivity index (χ0n) is 6.55. The van der Waals surface area contributed by atoms with Crippen molar-refractivity contribution in [2.24, 2.45) is 12.8 Å². The standard InChI is InChI=1S/C7H12FN3/c1-11-6(2-3-9)5-10-7(11)4-8/h5H,2-4,9H2,1H3. The van der Waals surface area contributed by atoms with Crippen LogP contribution < -0.4 is 5.73 Å². The van der Waals surface area contributed by atoms with Crippen molar-refractivity contribution in [2.75, 3.05) is 6.54 Å². The Bertz CT molecular complexity index is 232. The van der Waals surface area contributed by atoms with E-state index in [1.807, 2.05) is 0 Å². The lowest BCUT2D eigenvalue weighted by atomic mass is 10.3. The lowest BCUT2D eigenvalue weighted by molar-refractivity contribution is 0.454. The third kappa shape index (κ3) is 1.57. The van der Waals surface area contributed by atoms with Crippen molar-refractivity contribution < 1.29 is 4.39 Å². The number of hydrogen-bond acceptors (Lipinski definition) is 2. The minimum atomic E-state index is -0.513. The molecule has 0 unspecified atom stereocenters. The van der Waals surface area contributed by atoms with Crippen LogP contribution in [0, 0.1) is 0 Å². The van der Waals surface area contributed by atoms with E-state index in [1.54, 1.807) is 17.8 Å². The van der Waals surface area contributed by atoms with Gasteiger partial charge in [-0.2, -0.15) is 0 Å². The van der Waals surface area contributed by atoms with Crippen molar-refractivity contribution in [3.8, 4) is 0 Å². The van der Waals surface area contributed by atoms with Crippen molar-refractivity contribution in [3.05, 3.63) is 17.7 Å². The fourth-order valence-corrected chi connectivity index (χ4v) is 0.992. The molecule has 0 aromatic carbocycles. The Morgan fingerprint density at radius 1 is 1.73 bits per heavy atom. The molecule has 1 aromatic rings. The molecule has 62 valence electrons. The van der Waals surface area contributed by atoms with E-state index in [4.69, 9.17) is 5.73 Å². The molecule has 1 aromatic heterocycles. The van der Waals surface area contributed by atoms with Gasteiger partial charge < -0.3 is 10.3 Å². The highest BCUT2D eigenvalue weighted by molar-refractivity contribution is 5.04. The molecule has 0 aliphatic carbocycles. The molecule has 0 amide bonds. The lowest BCUT2D eigenvalue weighted by Gasteiger charge is -2.00. The van der Waals surface area contributed by atoms with Gasteiger partial charge in [-0.1, -0.05) is 0 Å². The van der Waals surface area contributed by atoms with Gasteiger partial charge in [-0.3, -0.25) is 0 Å². The number of alkyl halides is 1. The second kappa shape index (κ2) is 3.48. The summed E-state index contributed by atoms with van der Waals surface area (Å²) in [7, 11) is 1.80. The molecule has 4 heteroatoms. The van der Waals surface area contributed by atoms with Crippen LogP contribution in [0.4, 0.5) is 4.39 Å². The Morgan fingerprint density at radius 3 is 2.91 bits per heavy atom. The van der Waals surface area contributed by atoms with E-state index in [2.05, 4.69) is 4.98 Å². The minimum absolute atomic E-state index is 0.466. The van der Waals surface area contributed by atoms with Gasteiger partial charge in [-0.05, 0) is 6.54 Å². The van der Waals surface area contributed by atoms with Gasteiger partial charge in [-0.15, -0.1) is 0 Å². The number of halogens is 1. The number of hydrogen-bond donors (Lipinski definition) is 1. The van der Waals surface area contributed by atoms with E-state index in [0.29, 0.717) is 12.4 Å². The highest BCUT2D eigenvalue weighted by Gasteiger charge is 2.03. The van der Waals surface area contributed by atoms with Crippen molar-refractivity contribution in [1.82, 2.24) is 9.55 Å². The van der Waals surface area contributed by atoms with E-state index in [0.717, 1.165) is 12.1 Å². The molecule has 0 atom stereocenters. The minimum Gasteiger partial charge on any atom is -0.333 e. The van der Waals surface area contributed by atoms with Crippen LogP contribution in [0.3, 0.4) is 0 Å². The first kappa shape index (κ1) is 8.20. The average Bonchev–Trinajstić information content (AvgIpc) is 2.34. The molecule has 1 rings (SSSR count). The van der Waals surface area contributed by atoms with Gasteiger partial charge in [-0.25, -0.2) is 9.37 Å². The van der Waals surface area contributed by atoms with Gasteiger partial charge in [0.2, 0.25) is 0 Å². The molecule has 0 saturated carbocycles. The van der Waals surface area contributed by atoms with Crippen LogP contribution in [0.25, 0.3) is 0 Å². The Morgan fingerprint density at radius 2 is 2.45 bits per heavy atom. The molecule has 11 heavy (non-hydrogen) atoms. The summed E-state index contributed by atoms with van der Waals surface area (Å²) in [4.78, 5) is 3.89. The van der Waals surface area contributed by atoms with Crippen LogP contribution in [0.1, 0.15) is 11.5 Å². The quantitative estimate of drug-likeness (QED) is 0.689. The van der Waals surface area contributed by atoms with Crippen molar-refractivity contribution in [1.29, 1.82) is 0 Å². The monoisotopic (exact) mass is 157 g/mol. The summed E-state index contributed by atoms with van der Waals surface area (Å²) in [6, 6.07) is 0. The van der Waals surface area contributed by atoms with Crippen LogP contribution in [0.5, 0.6) is 0 Å². The normalized spacial score (nSPS) is 10.5. The maximum absolute atomic E-state index is 12.1. The molecule has 2 N–H and O–H groups in total. The molecule has 0 bridgehead atoms. The Balaban J connectivity index is 2.82. The molecule has 0 aliphatic heterocycles. The Labute approximate surface area is 65.0 Å². The topological polar surface area (TPSA) is 43.8 Å². The Hall–Kier alpha value is -0.900. The third-order valence-electron chi connectivity index (χ3n) is 1.70. The summed E-state index contributed by atoms with van der Waals surface area (Å²) >= 11 is 0. The maximum Gasteiger partial charge on any atom is 0.147 e. The fourth-order valence-electron chi connectivity index (χ4n) is 0.992. The predicted octanol–water partition coefficient (Wildman–Crippen LogP) is 0.391. The number of imidazole rings is 1. The zero-order chi connectivity index (χ0) is 8.27. The van der Waals surface area contributed by atoms with Gasteiger partial charge in [0.25, 0.3) is 0 Å². The van der Waals surface area contributed by atoms with Gasteiger partial charge in [0.15, 0.2) is 0 Å². The highest BCUT2D eigenvalue weighted by Crippen LogP contribution is 2.03. The lowest BCUT2D eigenvalue weighted by Crippen LogP contribution is -2.07. The van der Waals surface area contributed by atoms with Crippen LogP contribution in [0.15, 0.2) is 6.20 Å². The largest absolute Gasteiger partial charge is 0.333 e. The summed E-state index contributed by atoms with van der Waals surface area (Å²) in [5.74, 6) is 0.466. The first-order chi connectivity index (χ1) is 5.29. The molecule has 0 aliphatic rings. The summed E-state index contributed by atoms with van der Waals surface area (Å²) in [5.41, 5.74) is 6.33. The summed E-state index contributed by atoms with van der Waals surface area (Å²) in [6.07, 6.45) is 2.42. The molecule has 0 radical (unpaired) electrons. The molecule has 0 saturated heterocycles. The average molecular weight is 157 g/mol. The van der Waals surface area contributed by atoms with Crippen molar-refractivity contribution >= 4 is 0 Å². The van der Waals surface area contributed by atoms with Crippen molar-refractivity contribution in [2.45, 2.75) is 13.1 Å². The Kier molecular flexibility index (Phi) is 2.59. The van der Waals surface area contributed by atoms with E-state index in [1.165, 1.54) is 0 Å². The number of rotatable bonds is 3. The van der Waals surface area contributed by atoms with Gasteiger partial charge in [0, 0.05) is 25.4 Å². The summed E-state index contributed by atoms with van der Waals surface area (Å²) in [5, 5.41) is 0. The van der Waals surface area contributed by atoms with E-state index in [9.17, 15) is 4.39 Å². The van der Waals surface area contributed by atoms with Crippen molar-refractivity contribution in [3.63, 3.8) is 0 Å².